The molecule has 0 aliphatic carbocycles. The zero-order valence-corrected chi connectivity index (χ0v) is 12.9. The molecule has 2 aromatic carbocycles. The Balaban J connectivity index is 1.89. The molecule has 2 rings (SSSR count). The van der Waals surface area contributed by atoms with Gasteiger partial charge in [-0.15, -0.1) is 0 Å². The normalized spacial score (nSPS) is 11.2. The number of carbonyl (C=O) groups excluding carboxylic acids is 1. The molecular formula is C19H22O2. The molecule has 0 atom stereocenters. The maximum Gasteiger partial charge on any atom is 0.338 e. The van der Waals surface area contributed by atoms with Crippen LogP contribution in [0.4, 0.5) is 0 Å². The number of esters is 1. The Morgan fingerprint density at radius 2 is 1.57 bits per heavy atom. The van der Waals surface area contributed by atoms with Crippen molar-refractivity contribution in [3.63, 3.8) is 0 Å². The lowest BCUT2D eigenvalue weighted by Crippen LogP contribution is -2.12. The van der Waals surface area contributed by atoms with E-state index in [2.05, 4.69) is 20.8 Å². The molecule has 2 heteroatoms. The summed E-state index contributed by atoms with van der Waals surface area (Å²) in [6.45, 7) is 6.87. The van der Waals surface area contributed by atoms with E-state index in [1.165, 1.54) is 11.1 Å². The van der Waals surface area contributed by atoms with Gasteiger partial charge in [0.25, 0.3) is 0 Å². The van der Waals surface area contributed by atoms with Crippen LogP contribution in [0.2, 0.25) is 0 Å². The molecule has 110 valence electrons. The fourth-order valence-electron chi connectivity index (χ4n) is 2.10. The highest BCUT2D eigenvalue weighted by atomic mass is 16.5. The van der Waals surface area contributed by atoms with Crippen molar-refractivity contribution in [2.45, 2.75) is 32.6 Å². The van der Waals surface area contributed by atoms with E-state index in [1.54, 1.807) is 0 Å². The molecule has 2 nitrogen and oxygen atoms in total. The molecule has 0 heterocycles. The Hall–Kier alpha value is -2.09. The maximum atomic E-state index is 12.0. The van der Waals surface area contributed by atoms with Gasteiger partial charge in [-0.1, -0.05) is 63.2 Å². The smallest absolute Gasteiger partial charge is 0.338 e. The first-order valence-electron chi connectivity index (χ1n) is 7.28. The monoisotopic (exact) mass is 282 g/mol. The first-order valence-corrected chi connectivity index (χ1v) is 7.28. The first-order chi connectivity index (χ1) is 9.97. The second-order valence-corrected chi connectivity index (χ2v) is 6.20. The van der Waals surface area contributed by atoms with Crippen molar-refractivity contribution in [3.8, 4) is 0 Å². The third-order valence-corrected chi connectivity index (χ3v) is 3.45. The van der Waals surface area contributed by atoms with Crippen LogP contribution < -0.4 is 0 Å². The van der Waals surface area contributed by atoms with Gasteiger partial charge in [0.05, 0.1) is 12.2 Å². The van der Waals surface area contributed by atoms with Crippen LogP contribution in [-0.4, -0.2) is 12.6 Å². The van der Waals surface area contributed by atoms with Crippen LogP contribution in [0.25, 0.3) is 0 Å². The van der Waals surface area contributed by atoms with Crippen molar-refractivity contribution in [1.82, 2.24) is 0 Å². The molecule has 0 N–H and O–H groups in total. The summed E-state index contributed by atoms with van der Waals surface area (Å²) in [5, 5.41) is 0. The van der Waals surface area contributed by atoms with Gasteiger partial charge in [-0.2, -0.15) is 0 Å². The Morgan fingerprint density at radius 1 is 0.952 bits per heavy atom. The molecular weight excluding hydrogens is 260 g/mol. The van der Waals surface area contributed by atoms with E-state index in [0.29, 0.717) is 12.2 Å². The minimum absolute atomic E-state index is 0.0930. The maximum absolute atomic E-state index is 12.0. The van der Waals surface area contributed by atoms with Gasteiger partial charge in [0.1, 0.15) is 0 Å². The summed E-state index contributed by atoms with van der Waals surface area (Å²) < 4.78 is 5.32. The minimum atomic E-state index is -0.258. The quantitative estimate of drug-likeness (QED) is 0.778. The van der Waals surface area contributed by atoms with Gasteiger partial charge in [0.15, 0.2) is 0 Å². The van der Waals surface area contributed by atoms with Crippen molar-refractivity contribution >= 4 is 5.97 Å². The van der Waals surface area contributed by atoms with Crippen LogP contribution in [-0.2, 0) is 16.6 Å². The fraction of sp³-hybridized carbons (Fsp3) is 0.316. The summed E-state index contributed by atoms with van der Waals surface area (Å²) in [7, 11) is 0. The van der Waals surface area contributed by atoms with E-state index < -0.39 is 0 Å². The molecule has 0 unspecified atom stereocenters. The Bertz CT molecular complexity index is 577. The predicted octanol–water partition coefficient (Wildman–Crippen LogP) is 4.38. The number of hydrogen-bond donors (Lipinski definition) is 0. The summed E-state index contributed by atoms with van der Waals surface area (Å²) >= 11 is 0. The Morgan fingerprint density at radius 3 is 2.14 bits per heavy atom. The molecule has 0 aliphatic rings. The molecule has 0 amide bonds. The summed E-state index contributed by atoms with van der Waals surface area (Å²) in [4.78, 5) is 12.0. The summed E-state index contributed by atoms with van der Waals surface area (Å²) in [6, 6.07) is 17.7. The molecule has 0 saturated carbocycles. The molecule has 0 spiro atoms. The van der Waals surface area contributed by atoms with Gasteiger partial charge in [0, 0.05) is 6.42 Å². The van der Waals surface area contributed by atoms with Crippen LogP contribution in [0.3, 0.4) is 0 Å². The van der Waals surface area contributed by atoms with E-state index in [0.717, 1.165) is 6.42 Å². The number of rotatable bonds is 4. The largest absolute Gasteiger partial charge is 0.462 e. The number of hydrogen-bond acceptors (Lipinski definition) is 2. The molecule has 0 bridgehead atoms. The summed E-state index contributed by atoms with van der Waals surface area (Å²) in [5.74, 6) is -0.258. The van der Waals surface area contributed by atoms with E-state index in [4.69, 9.17) is 4.74 Å². The zero-order valence-electron chi connectivity index (χ0n) is 12.9. The van der Waals surface area contributed by atoms with E-state index >= 15 is 0 Å². The summed E-state index contributed by atoms with van der Waals surface area (Å²) in [6.07, 6.45) is 0.743. The fourth-order valence-corrected chi connectivity index (χ4v) is 2.10. The van der Waals surface area contributed by atoms with Gasteiger partial charge < -0.3 is 4.74 Å². The number of carbonyl (C=O) groups is 1. The lowest BCUT2D eigenvalue weighted by atomic mass is 9.87. The van der Waals surface area contributed by atoms with Gasteiger partial charge >= 0.3 is 5.97 Å². The van der Waals surface area contributed by atoms with Gasteiger partial charge in [-0.05, 0) is 28.7 Å². The van der Waals surface area contributed by atoms with E-state index in [1.807, 2.05) is 54.6 Å². The molecule has 21 heavy (non-hydrogen) atoms. The van der Waals surface area contributed by atoms with Crippen LogP contribution in [0.5, 0.6) is 0 Å². The average Bonchev–Trinajstić information content (AvgIpc) is 2.47. The topological polar surface area (TPSA) is 26.3 Å². The van der Waals surface area contributed by atoms with Crippen LogP contribution in [0, 0.1) is 0 Å². The molecule has 0 radical (unpaired) electrons. The van der Waals surface area contributed by atoms with E-state index in [-0.39, 0.29) is 11.4 Å². The van der Waals surface area contributed by atoms with Crippen LogP contribution >= 0.6 is 0 Å². The number of ether oxygens (including phenoxy) is 1. The predicted molar refractivity (Wildman–Crippen MR) is 85.6 cm³/mol. The molecule has 0 aliphatic heterocycles. The zero-order chi connectivity index (χ0) is 15.3. The van der Waals surface area contributed by atoms with E-state index in [9.17, 15) is 4.79 Å². The lowest BCUT2D eigenvalue weighted by molar-refractivity contribution is 0.0509. The molecule has 0 saturated heterocycles. The molecule has 0 fully saturated rings. The standard InChI is InChI=1S/C19H22O2/c1-19(2,3)17-11-9-16(10-12-17)18(20)21-14-13-15-7-5-4-6-8-15/h4-12H,13-14H2,1-3H3. The Kier molecular flexibility index (Phi) is 4.79. The third kappa shape index (κ3) is 4.45. The van der Waals surface area contributed by atoms with Crippen LogP contribution in [0.15, 0.2) is 54.6 Å². The van der Waals surface area contributed by atoms with Gasteiger partial charge in [-0.25, -0.2) is 4.79 Å². The third-order valence-electron chi connectivity index (χ3n) is 3.45. The SMILES string of the molecule is CC(C)(C)c1ccc(C(=O)OCCc2ccccc2)cc1. The highest BCUT2D eigenvalue weighted by Gasteiger charge is 2.14. The lowest BCUT2D eigenvalue weighted by Gasteiger charge is -2.18. The second-order valence-electron chi connectivity index (χ2n) is 6.20. The van der Waals surface area contributed by atoms with Crippen molar-refractivity contribution < 1.29 is 9.53 Å². The number of benzene rings is 2. The van der Waals surface area contributed by atoms with Crippen molar-refractivity contribution in [3.05, 3.63) is 71.3 Å². The van der Waals surface area contributed by atoms with Crippen LogP contribution in [0.1, 0.15) is 42.3 Å². The summed E-state index contributed by atoms with van der Waals surface area (Å²) in [5.41, 5.74) is 3.09. The minimum Gasteiger partial charge on any atom is -0.462 e. The average molecular weight is 282 g/mol. The highest BCUT2D eigenvalue weighted by molar-refractivity contribution is 5.89. The first kappa shape index (κ1) is 15.3. The Labute approximate surface area is 126 Å². The second kappa shape index (κ2) is 6.57. The van der Waals surface area contributed by atoms with Crippen molar-refractivity contribution in [1.29, 1.82) is 0 Å². The van der Waals surface area contributed by atoms with Crippen molar-refractivity contribution in [2.24, 2.45) is 0 Å². The van der Waals surface area contributed by atoms with Gasteiger partial charge in [0.2, 0.25) is 0 Å². The highest BCUT2D eigenvalue weighted by Crippen LogP contribution is 2.22. The molecule has 0 aromatic heterocycles. The molecule has 2 aromatic rings. The van der Waals surface area contributed by atoms with Gasteiger partial charge in [-0.3, -0.25) is 0 Å². The van der Waals surface area contributed by atoms with Crippen molar-refractivity contribution in [2.75, 3.05) is 6.61 Å².